The van der Waals surface area contributed by atoms with Gasteiger partial charge in [-0.3, -0.25) is 4.79 Å². The number of nitrogens with zero attached hydrogens (tertiary/aromatic N) is 2. The van der Waals surface area contributed by atoms with Crippen LogP contribution in [0.2, 0.25) is 0 Å². The highest BCUT2D eigenvalue weighted by Gasteiger charge is 2.19. The van der Waals surface area contributed by atoms with E-state index >= 15 is 0 Å². The van der Waals surface area contributed by atoms with Gasteiger partial charge in [-0.25, -0.2) is 0 Å². The minimum absolute atomic E-state index is 0.110. The molecule has 1 N–H and O–H groups in total. The summed E-state index contributed by atoms with van der Waals surface area (Å²) in [5, 5.41) is 11.1. The summed E-state index contributed by atoms with van der Waals surface area (Å²) in [5.74, 6) is 0.788. The number of carbonyl (C=O) groups excluding carboxylic acids is 1. The molecule has 112 valence electrons. The van der Waals surface area contributed by atoms with Crippen molar-refractivity contribution in [3.63, 3.8) is 0 Å². The fourth-order valence-corrected chi connectivity index (χ4v) is 4.92. The molecule has 0 radical (unpaired) electrons. The van der Waals surface area contributed by atoms with Crippen molar-refractivity contribution in [1.82, 2.24) is 15.5 Å². The van der Waals surface area contributed by atoms with Gasteiger partial charge in [-0.2, -0.15) is 0 Å². The van der Waals surface area contributed by atoms with Crippen molar-refractivity contribution in [3.05, 3.63) is 0 Å². The van der Waals surface area contributed by atoms with Gasteiger partial charge in [0.25, 0.3) is 0 Å². The van der Waals surface area contributed by atoms with E-state index in [1.54, 1.807) is 23.1 Å². The first-order valence-electron chi connectivity index (χ1n) is 7.01. The lowest BCUT2D eigenvalue weighted by Crippen LogP contribution is -2.35. The van der Waals surface area contributed by atoms with Gasteiger partial charge in [0.05, 0.1) is 5.25 Å². The maximum Gasteiger partial charge on any atom is 0.233 e. The monoisotopic (exact) mass is 331 g/mol. The predicted octanol–water partition coefficient (Wildman–Crippen LogP) is 3.44. The van der Waals surface area contributed by atoms with Crippen molar-refractivity contribution >= 4 is 40.8 Å². The molecule has 1 aromatic heterocycles. The summed E-state index contributed by atoms with van der Waals surface area (Å²) in [4.78, 5) is 12.1. The Balaban J connectivity index is 1.73. The van der Waals surface area contributed by atoms with Crippen LogP contribution < -0.4 is 5.32 Å². The van der Waals surface area contributed by atoms with E-state index in [4.69, 9.17) is 0 Å². The van der Waals surface area contributed by atoms with Crippen LogP contribution >= 0.6 is 34.9 Å². The van der Waals surface area contributed by atoms with Crippen LogP contribution in [0.1, 0.15) is 39.0 Å². The van der Waals surface area contributed by atoms with Crippen LogP contribution in [0.15, 0.2) is 8.68 Å². The summed E-state index contributed by atoms with van der Waals surface area (Å²) >= 11 is 4.63. The molecule has 1 aromatic rings. The lowest BCUT2D eigenvalue weighted by Gasteiger charge is -2.22. The summed E-state index contributed by atoms with van der Waals surface area (Å²) in [6.07, 6.45) is 8.48. The van der Waals surface area contributed by atoms with Crippen LogP contribution in [0.3, 0.4) is 0 Å². The molecule has 4 nitrogen and oxygen atoms in total. The molecule has 1 saturated carbocycles. The third-order valence-corrected chi connectivity index (χ3v) is 6.58. The molecule has 1 fully saturated rings. The van der Waals surface area contributed by atoms with Crippen LogP contribution in [0.25, 0.3) is 0 Å². The lowest BCUT2D eigenvalue weighted by atomic mass is 9.89. The summed E-state index contributed by atoms with van der Waals surface area (Å²) in [6.45, 7) is 2.76. The molecule has 1 aliphatic carbocycles. The largest absolute Gasteiger partial charge is 0.355 e. The molecule has 0 aliphatic heterocycles. The maximum atomic E-state index is 12.1. The molecule has 20 heavy (non-hydrogen) atoms. The van der Waals surface area contributed by atoms with Gasteiger partial charge in [-0.05, 0) is 31.9 Å². The first-order valence-corrected chi connectivity index (χ1v) is 9.93. The van der Waals surface area contributed by atoms with Crippen molar-refractivity contribution in [2.45, 2.75) is 53.0 Å². The van der Waals surface area contributed by atoms with Crippen LogP contribution in [0.4, 0.5) is 0 Å². The van der Waals surface area contributed by atoms with E-state index in [9.17, 15) is 4.79 Å². The highest BCUT2D eigenvalue weighted by molar-refractivity contribution is 8.03. The molecule has 2 rings (SSSR count). The number of hydrogen-bond acceptors (Lipinski definition) is 6. The molecule has 1 amide bonds. The Kier molecular flexibility index (Phi) is 6.64. The van der Waals surface area contributed by atoms with Gasteiger partial charge < -0.3 is 5.32 Å². The van der Waals surface area contributed by atoms with Crippen molar-refractivity contribution in [2.24, 2.45) is 5.92 Å². The van der Waals surface area contributed by atoms with Gasteiger partial charge in [0, 0.05) is 6.54 Å². The number of amides is 1. The zero-order valence-corrected chi connectivity index (χ0v) is 14.4. The van der Waals surface area contributed by atoms with E-state index in [1.807, 2.05) is 13.2 Å². The zero-order chi connectivity index (χ0) is 14.4. The molecule has 0 saturated heterocycles. The van der Waals surface area contributed by atoms with E-state index < -0.39 is 0 Å². The molecule has 1 atom stereocenters. The first kappa shape index (κ1) is 16.1. The second-order valence-electron chi connectivity index (χ2n) is 5.05. The molecule has 1 aliphatic rings. The SMILES string of the molecule is CSc1nnc(SC(C)C(=O)NCC2CCCCC2)s1. The number of thioether (sulfide) groups is 2. The fraction of sp³-hybridized carbons (Fsp3) is 0.769. The van der Waals surface area contributed by atoms with E-state index in [0.717, 1.165) is 15.2 Å². The summed E-state index contributed by atoms with van der Waals surface area (Å²) < 4.78 is 1.82. The Hall–Kier alpha value is -0.270. The number of aromatic nitrogens is 2. The Bertz CT molecular complexity index is 432. The van der Waals surface area contributed by atoms with Crippen molar-refractivity contribution < 1.29 is 4.79 Å². The Morgan fingerprint density at radius 2 is 2.05 bits per heavy atom. The first-order chi connectivity index (χ1) is 9.69. The Labute approximate surface area is 132 Å². The second kappa shape index (κ2) is 8.24. The Morgan fingerprint density at radius 1 is 1.35 bits per heavy atom. The fourth-order valence-electron chi connectivity index (χ4n) is 2.31. The van der Waals surface area contributed by atoms with Crippen LogP contribution in [-0.2, 0) is 4.79 Å². The van der Waals surface area contributed by atoms with Crippen LogP contribution in [0.5, 0.6) is 0 Å². The minimum Gasteiger partial charge on any atom is -0.355 e. The molecule has 7 heteroatoms. The Morgan fingerprint density at radius 3 is 2.70 bits per heavy atom. The minimum atomic E-state index is -0.110. The predicted molar refractivity (Wildman–Crippen MR) is 86.6 cm³/mol. The number of hydrogen-bond donors (Lipinski definition) is 1. The molecular formula is C13H21N3OS3. The smallest absolute Gasteiger partial charge is 0.233 e. The zero-order valence-electron chi connectivity index (χ0n) is 11.9. The van der Waals surface area contributed by atoms with Crippen molar-refractivity contribution in [3.8, 4) is 0 Å². The number of rotatable bonds is 6. The van der Waals surface area contributed by atoms with E-state index in [-0.39, 0.29) is 11.2 Å². The number of nitrogens with one attached hydrogen (secondary N) is 1. The standard InChI is InChI=1S/C13H21N3OS3/c1-9(19-13-16-15-12(18-2)20-13)11(17)14-8-10-6-4-3-5-7-10/h9-10H,3-8H2,1-2H3,(H,14,17). The molecule has 0 spiro atoms. The normalized spacial score (nSPS) is 17.9. The highest BCUT2D eigenvalue weighted by atomic mass is 32.2. The van der Waals surface area contributed by atoms with Gasteiger partial charge >= 0.3 is 0 Å². The average Bonchev–Trinajstić information content (AvgIpc) is 2.93. The quantitative estimate of drug-likeness (QED) is 0.809. The summed E-state index contributed by atoms with van der Waals surface area (Å²) in [7, 11) is 0. The van der Waals surface area contributed by atoms with Gasteiger partial charge in [0.2, 0.25) is 5.91 Å². The van der Waals surface area contributed by atoms with Gasteiger partial charge in [0.1, 0.15) is 0 Å². The molecule has 1 unspecified atom stereocenters. The van der Waals surface area contributed by atoms with Gasteiger partial charge in [0.15, 0.2) is 8.68 Å². The van der Waals surface area contributed by atoms with Crippen LogP contribution in [0, 0.1) is 5.92 Å². The molecular weight excluding hydrogens is 310 g/mol. The lowest BCUT2D eigenvalue weighted by molar-refractivity contribution is -0.120. The van der Waals surface area contributed by atoms with Gasteiger partial charge in [-0.1, -0.05) is 54.1 Å². The van der Waals surface area contributed by atoms with Crippen LogP contribution in [-0.4, -0.2) is 34.2 Å². The van der Waals surface area contributed by atoms with Crippen molar-refractivity contribution in [2.75, 3.05) is 12.8 Å². The molecule has 0 aromatic carbocycles. The average molecular weight is 332 g/mol. The van der Waals surface area contributed by atoms with E-state index in [2.05, 4.69) is 15.5 Å². The van der Waals surface area contributed by atoms with E-state index in [1.165, 1.54) is 43.9 Å². The second-order valence-corrected chi connectivity index (χ2v) is 8.67. The third-order valence-electron chi connectivity index (χ3n) is 3.50. The topological polar surface area (TPSA) is 54.9 Å². The molecule has 1 heterocycles. The number of carbonyl (C=O) groups is 1. The van der Waals surface area contributed by atoms with Crippen molar-refractivity contribution in [1.29, 1.82) is 0 Å². The summed E-state index contributed by atoms with van der Waals surface area (Å²) in [6, 6.07) is 0. The summed E-state index contributed by atoms with van der Waals surface area (Å²) in [5.41, 5.74) is 0. The van der Waals surface area contributed by atoms with E-state index in [0.29, 0.717) is 5.92 Å². The van der Waals surface area contributed by atoms with Gasteiger partial charge in [-0.15, -0.1) is 10.2 Å². The maximum absolute atomic E-state index is 12.1. The highest BCUT2D eigenvalue weighted by Crippen LogP contribution is 2.30. The molecule has 0 bridgehead atoms. The third kappa shape index (κ3) is 4.93.